The van der Waals surface area contributed by atoms with E-state index in [1.807, 2.05) is 58.3 Å². The minimum atomic E-state index is 0.740. The number of benzene rings is 1. The van der Waals surface area contributed by atoms with Crippen LogP contribution in [0.3, 0.4) is 0 Å². The molecule has 0 unspecified atom stereocenters. The van der Waals surface area contributed by atoms with Crippen LogP contribution in [-0.4, -0.2) is 68.7 Å². The fraction of sp³-hybridized carbons (Fsp3) is 0.348. The van der Waals surface area contributed by atoms with Crippen molar-refractivity contribution < 1.29 is 4.74 Å². The van der Waals surface area contributed by atoms with Crippen LogP contribution in [0, 0.1) is 0 Å². The van der Waals surface area contributed by atoms with E-state index in [4.69, 9.17) is 4.74 Å². The average molecular weight is 418 g/mol. The Hall–Kier alpha value is -3.23. The van der Waals surface area contributed by atoms with Gasteiger partial charge in [-0.2, -0.15) is 14.7 Å². The van der Waals surface area contributed by atoms with Crippen LogP contribution >= 0.6 is 0 Å². The third-order valence-electron chi connectivity index (χ3n) is 5.59. The maximum atomic E-state index is 5.41. The van der Waals surface area contributed by atoms with Gasteiger partial charge in [0.25, 0.3) is 0 Å². The summed E-state index contributed by atoms with van der Waals surface area (Å²) in [5, 5.41) is 12.6. The Bertz CT molecular complexity index is 1120. The molecule has 0 spiro atoms. The first-order chi connectivity index (χ1) is 15.4. The molecule has 0 aliphatic carbocycles. The molecule has 1 aromatic carbocycles. The van der Waals surface area contributed by atoms with Gasteiger partial charge in [0.2, 0.25) is 0 Å². The molecule has 0 amide bonds. The van der Waals surface area contributed by atoms with Gasteiger partial charge in [-0.1, -0.05) is 30.3 Å². The minimum Gasteiger partial charge on any atom is -0.379 e. The zero-order valence-corrected chi connectivity index (χ0v) is 17.5. The molecule has 31 heavy (non-hydrogen) atoms. The summed E-state index contributed by atoms with van der Waals surface area (Å²) in [7, 11) is 0. The lowest BCUT2D eigenvalue weighted by Gasteiger charge is -2.26. The zero-order chi connectivity index (χ0) is 20.9. The molecule has 1 aliphatic heterocycles. The Balaban J connectivity index is 1.26. The van der Waals surface area contributed by atoms with Gasteiger partial charge >= 0.3 is 0 Å². The summed E-state index contributed by atoms with van der Waals surface area (Å²) >= 11 is 0. The van der Waals surface area contributed by atoms with Crippen molar-refractivity contribution in [3.05, 3.63) is 66.7 Å². The van der Waals surface area contributed by atoms with Gasteiger partial charge in [0.15, 0.2) is 5.65 Å². The Morgan fingerprint density at radius 2 is 1.87 bits per heavy atom. The second-order valence-corrected chi connectivity index (χ2v) is 7.77. The van der Waals surface area contributed by atoms with E-state index in [-0.39, 0.29) is 0 Å². The average Bonchev–Trinajstić information content (AvgIpc) is 3.45. The Morgan fingerprint density at radius 3 is 2.74 bits per heavy atom. The lowest BCUT2D eigenvalue weighted by Crippen LogP contribution is -2.37. The molecular weight excluding hydrogens is 390 g/mol. The molecule has 8 nitrogen and oxygen atoms in total. The van der Waals surface area contributed by atoms with E-state index in [1.165, 1.54) is 5.56 Å². The number of aromatic nitrogens is 5. The van der Waals surface area contributed by atoms with Gasteiger partial charge in [-0.25, -0.2) is 4.98 Å². The number of fused-ring (bicyclic) bond motifs is 1. The summed E-state index contributed by atoms with van der Waals surface area (Å²) in [5.74, 6) is 0.954. The van der Waals surface area contributed by atoms with Crippen LogP contribution in [0.1, 0.15) is 12.0 Å². The molecule has 3 aromatic heterocycles. The number of hydrogen-bond donors (Lipinski definition) is 1. The Labute approximate surface area is 181 Å². The second kappa shape index (κ2) is 9.28. The second-order valence-electron chi connectivity index (χ2n) is 7.77. The molecule has 160 valence electrons. The molecule has 0 radical (unpaired) electrons. The van der Waals surface area contributed by atoms with Crippen molar-refractivity contribution >= 4 is 11.5 Å². The summed E-state index contributed by atoms with van der Waals surface area (Å²) in [6, 6.07) is 12.3. The molecule has 1 fully saturated rings. The van der Waals surface area contributed by atoms with Crippen LogP contribution in [-0.2, 0) is 11.3 Å². The third kappa shape index (κ3) is 4.60. The Morgan fingerprint density at radius 1 is 1.00 bits per heavy atom. The van der Waals surface area contributed by atoms with Crippen LogP contribution in [0.2, 0.25) is 0 Å². The van der Waals surface area contributed by atoms with E-state index >= 15 is 0 Å². The lowest BCUT2D eigenvalue weighted by atomic mass is 10.2. The van der Waals surface area contributed by atoms with Crippen LogP contribution in [0.25, 0.3) is 16.8 Å². The monoisotopic (exact) mass is 417 g/mol. The number of ether oxygens (including phenoxy) is 1. The number of nitrogens with one attached hydrogen (secondary N) is 1. The van der Waals surface area contributed by atoms with Crippen LogP contribution in [0.15, 0.2) is 61.2 Å². The molecular formula is C23H27N7O. The molecule has 0 atom stereocenters. The summed E-state index contributed by atoms with van der Waals surface area (Å²) in [6.45, 7) is 6.45. The van der Waals surface area contributed by atoms with E-state index < -0.39 is 0 Å². The first kappa shape index (κ1) is 19.7. The zero-order valence-electron chi connectivity index (χ0n) is 17.5. The standard InChI is InChI=1S/C23H27N7O/c1-2-5-19(6-3-1)17-29-18-20(15-26-29)21-16-27-30-22(7-9-25-23(21)30)24-8-4-10-28-11-13-31-14-12-28/h1-3,5-7,9,15-16,18,24H,4,8,10-14,17H2. The summed E-state index contributed by atoms with van der Waals surface area (Å²) in [4.78, 5) is 7.03. The predicted octanol–water partition coefficient (Wildman–Crippen LogP) is 2.78. The van der Waals surface area contributed by atoms with Crippen molar-refractivity contribution in [3.8, 4) is 11.1 Å². The third-order valence-corrected chi connectivity index (χ3v) is 5.59. The van der Waals surface area contributed by atoms with E-state index in [2.05, 4.69) is 37.5 Å². The molecule has 4 aromatic rings. The van der Waals surface area contributed by atoms with Crippen LogP contribution in [0.4, 0.5) is 5.82 Å². The fourth-order valence-electron chi connectivity index (χ4n) is 3.93. The highest BCUT2D eigenvalue weighted by Crippen LogP contribution is 2.24. The molecule has 1 saturated heterocycles. The highest BCUT2D eigenvalue weighted by molar-refractivity contribution is 5.77. The lowest BCUT2D eigenvalue weighted by molar-refractivity contribution is 0.0378. The fourth-order valence-corrected chi connectivity index (χ4v) is 3.93. The molecule has 1 aliphatic rings. The van der Waals surface area contributed by atoms with Crippen molar-refractivity contribution in [2.45, 2.75) is 13.0 Å². The van der Waals surface area contributed by atoms with Crippen molar-refractivity contribution in [1.29, 1.82) is 0 Å². The van der Waals surface area contributed by atoms with Gasteiger partial charge in [0.1, 0.15) is 5.82 Å². The van der Waals surface area contributed by atoms with Gasteiger partial charge in [-0.15, -0.1) is 0 Å². The number of rotatable bonds is 8. The summed E-state index contributed by atoms with van der Waals surface area (Å²) in [5.41, 5.74) is 4.05. The van der Waals surface area contributed by atoms with Gasteiger partial charge in [-0.3, -0.25) is 9.58 Å². The maximum Gasteiger partial charge on any atom is 0.165 e. The molecule has 1 N–H and O–H groups in total. The molecule has 0 saturated carbocycles. The first-order valence-electron chi connectivity index (χ1n) is 10.8. The topological polar surface area (TPSA) is 72.5 Å². The number of nitrogens with zero attached hydrogens (tertiary/aromatic N) is 6. The van der Waals surface area contributed by atoms with Crippen molar-refractivity contribution in [3.63, 3.8) is 0 Å². The van der Waals surface area contributed by atoms with Crippen molar-refractivity contribution in [2.75, 3.05) is 44.7 Å². The van der Waals surface area contributed by atoms with E-state index in [0.29, 0.717) is 0 Å². The highest BCUT2D eigenvalue weighted by atomic mass is 16.5. The number of hydrogen-bond acceptors (Lipinski definition) is 6. The molecule has 5 rings (SSSR count). The predicted molar refractivity (Wildman–Crippen MR) is 120 cm³/mol. The van der Waals surface area contributed by atoms with Crippen molar-refractivity contribution in [2.24, 2.45) is 0 Å². The van der Waals surface area contributed by atoms with E-state index in [0.717, 1.165) is 75.0 Å². The minimum absolute atomic E-state index is 0.740. The normalized spacial score (nSPS) is 14.8. The maximum absolute atomic E-state index is 5.41. The Kier molecular flexibility index (Phi) is 5.90. The van der Waals surface area contributed by atoms with Crippen molar-refractivity contribution in [1.82, 2.24) is 29.3 Å². The van der Waals surface area contributed by atoms with Crippen LogP contribution < -0.4 is 5.32 Å². The number of morpholine rings is 1. The SMILES string of the molecule is c1ccc(Cn2cc(-c3cnn4c(NCCCN5CCOCC5)ccnc34)cn2)cc1. The van der Waals surface area contributed by atoms with Gasteiger partial charge < -0.3 is 10.1 Å². The summed E-state index contributed by atoms with van der Waals surface area (Å²) < 4.78 is 9.23. The smallest absolute Gasteiger partial charge is 0.165 e. The van der Waals surface area contributed by atoms with Gasteiger partial charge in [-0.05, 0) is 24.6 Å². The van der Waals surface area contributed by atoms with E-state index in [9.17, 15) is 0 Å². The summed E-state index contributed by atoms with van der Waals surface area (Å²) in [6.07, 6.45) is 8.70. The molecule has 8 heteroatoms. The number of anilines is 1. The largest absolute Gasteiger partial charge is 0.379 e. The molecule has 0 bridgehead atoms. The van der Waals surface area contributed by atoms with E-state index in [1.54, 1.807) is 0 Å². The van der Waals surface area contributed by atoms with Gasteiger partial charge in [0.05, 0.1) is 32.2 Å². The van der Waals surface area contributed by atoms with Gasteiger partial charge in [0, 0.05) is 43.2 Å². The van der Waals surface area contributed by atoms with Crippen LogP contribution in [0.5, 0.6) is 0 Å². The quantitative estimate of drug-likeness (QED) is 0.445. The first-order valence-corrected chi connectivity index (χ1v) is 10.8. The highest BCUT2D eigenvalue weighted by Gasteiger charge is 2.13. The molecule has 4 heterocycles.